The summed E-state index contributed by atoms with van der Waals surface area (Å²) >= 11 is 0. The van der Waals surface area contributed by atoms with Crippen molar-refractivity contribution in [2.75, 3.05) is 13.2 Å². The molecule has 0 spiro atoms. The van der Waals surface area contributed by atoms with E-state index < -0.39 is 29.8 Å². The third-order valence-electron chi connectivity index (χ3n) is 5.27. The fourth-order valence-electron chi connectivity index (χ4n) is 3.85. The van der Waals surface area contributed by atoms with Crippen LogP contribution in [0.4, 0.5) is 9.59 Å². The van der Waals surface area contributed by atoms with Crippen molar-refractivity contribution < 1.29 is 29.0 Å². The number of aliphatic carboxylic acids is 1. The Hall–Kier alpha value is -3.55. The van der Waals surface area contributed by atoms with Crippen LogP contribution in [0.1, 0.15) is 50.7 Å². The lowest BCUT2D eigenvalue weighted by Crippen LogP contribution is -2.43. The summed E-state index contributed by atoms with van der Waals surface area (Å²) in [6.45, 7) is 5.51. The number of benzene rings is 2. The van der Waals surface area contributed by atoms with E-state index in [0.29, 0.717) is 6.42 Å². The van der Waals surface area contributed by atoms with E-state index in [0.717, 1.165) is 22.3 Å². The first-order valence-corrected chi connectivity index (χ1v) is 11.0. The van der Waals surface area contributed by atoms with Gasteiger partial charge in [-0.05, 0) is 55.9 Å². The zero-order chi connectivity index (χ0) is 24.0. The molecular weight excluding hydrogens is 424 g/mol. The van der Waals surface area contributed by atoms with E-state index in [1.807, 2.05) is 36.4 Å². The summed E-state index contributed by atoms with van der Waals surface area (Å²) in [5.41, 5.74) is 3.84. The summed E-state index contributed by atoms with van der Waals surface area (Å²) in [6, 6.07) is 15.1. The third kappa shape index (κ3) is 6.47. The molecule has 0 aliphatic heterocycles. The lowest BCUT2D eigenvalue weighted by molar-refractivity contribution is -0.139. The summed E-state index contributed by atoms with van der Waals surface area (Å²) in [5.74, 6) is -1.19. The van der Waals surface area contributed by atoms with E-state index >= 15 is 0 Å². The standard InChI is InChI=1S/C25H30N2O6/c1-25(2,3)33-24(31)27-21(22(28)29)13-8-14-26-23(30)32-15-20-18-11-6-4-9-16(18)17-10-5-7-12-19(17)20/h4-7,9-12,20-21H,8,13-15H2,1-3H3,(H,26,30)(H,27,31)(H,28,29)/t21-/m0/s1. The lowest BCUT2D eigenvalue weighted by Gasteiger charge is -2.22. The van der Waals surface area contributed by atoms with E-state index in [4.69, 9.17) is 9.47 Å². The minimum atomic E-state index is -1.16. The molecule has 1 aliphatic carbocycles. The van der Waals surface area contributed by atoms with Gasteiger partial charge in [0, 0.05) is 12.5 Å². The summed E-state index contributed by atoms with van der Waals surface area (Å²) in [7, 11) is 0. The Morgan fingerprint density at radius 1 is 0.970 bits per heavy atom. The molecule has 0 saturated heterocycles. The van der Waals surface area contributed by atoms with Crippen molar-refractivity contribution in [2.45, 2.75) is 51.2 Å². The minimum absolute atomic E-state index is 0.0300. The van der Waals surface area contributed by atoms with Crippen LogP contribution in [0.2, 0.25) is 0 Å². The van der Waals surface area contributed by atoms with Crippen molar-refractivity contribution >= 4 is 18.2 Å². The smallest absolute Gasteiger partial charge is 0.408 e. The second kappa shape index (κ2) is 10.4. The van der Waals surface area contributed by atoms with Crippen LogP contribution >= 0.6 is 0 Å². The topological polar surface area (TPSA) is 114 Å². The number of carbonyl (C=O) groups is 3. The van der Waals surface area contributed by atoms with Crippen LogP contribution in [0.25, 0.3) is 11.1 Å². The summed E-state index contributed by atoms with van der Waals surface area (Å²) in [5, 5.41) is 14.3. The van der Waals surface area contributed by atoms with Crippen LogP contribution in [0, 0.1) is 0 Å². The van der Waals surface area contributed by atoms with Crippen LogP contribution in [0.15, 0.2) is 48.5 Å². The molecule has 3 N–H and O–H groups in total. The molecule has 176 valence electrons. The first kappa shape index (κ1) is 24.1. The zero-order valence-corrected chi connectivity index (χ0v) is 19.1. The summed E-state index contributed by atoms with van der Waals surface area (Å²) in [4.78, 5) is 35.4. The number of carboxylic acids is 1. The van der Waals surface area contributed by atoms with Crippen molar-refractivity contribution in [2.24, 2.45) is 0 Å². The van der Waals surface area contributed by atoms with Gasteiger partial charge >= 0.3 is 18.2 Å². The Kier molecular flexibility index (Phi) is 7.58. The number of nitrogens with one attached hydrogen (secondary N) is 2. The highest BCUT2D eigenvalue weighted by molar-refractivity contribution is 5.80. The highest BCUT2D eigenvalue weighted by Crippen LogP contribution is 2.44. The average molecular weight is 455 g/mol. The molecule has 0 bridgehead atoms. The molecule has 8 nitrogen and oxygen atoms in total. The van der Waals surface area contributed by atoms with Crippen LogP contribution in [-0.4, -0.2) is 48.1 Å². The van der Waals surface area contributed by atoms with Gasteiger partial charge in [-0.1, -0.05) is 48.5 Å². The molecule has 8 heteroatoms. The Morgan fingerprint density at radius 2 is 1.55 bits per heavy atom. The predicted molar refractivity (Wildman–Crippen MR) is 123 cm³/mol. The number of hydrogen-bond donors (Lipinski definition) is 3. The fraction of sp³-hybridized carbons (Fsp3) is 0.400. The molecule has 33 heavy (non-hydrogen) atoms. The fourth-order valence-corrected chi connectivity index (χ4v) is 3.85. The van der Waals surface area contributed by atoms with Crippen molar-refractivity contribution in [1.29, 1.82) is 0 Å². The van der Waals surface area contributed by atoms with Gasteiger partial charge in [-0.25, -0.2) is 14.4 Å². The SMILES string of the molecule is CC(C)(C)OC(=O)N[C@@H](CCCNC(=O)OCC1c2ccccc2-c2ccccc21)C(=O)O. The lowest BCUT2D eigenvalue weighted by atomic mass is 9.98. The summed E-state index contributed by atoms with van der Waals surface area (Å²) < 4.78 is 10.5. The molecule has 1 aliphatic rings. The quantitative estimate of drug-likeness (QED) is 0.513. The molecule has 0 radical (unpaired) electrons. The molecule has 2 aromatic rings. The maximum atomic E-state index is 12.2. The molecule has 0 saturated carbocycles. The van der Waals surface area contributed by atoms with Gasteiger partial charge in [-0.15, -0.1) is 0 Å². The first-order valence-electron chi connectivity index (χ1n) is 11.0. The van der Waals surface area contributed by atoms with Crippen molar-refractivity contribution in [3.05, 3.63) is 59.7 Å². The third-order valence-corrected chi connectivity index (χ3v) is 5.27. The van der Waals surface area contributed by atoms with Gasteiger partial charge in [0.2, 0.25) is 0 Å². The zero-order valence-electron chi connectivity index (χ0n) is 19.1. The predicted octanol–water partition coefficient (Wildman–Crippen LogP) is 4.28. The number of fused-ring (bicyclic) bond motifs is 3. The highest BCUT2D eigenvalue weighted by Gasteiger charge is 2.29. The van der Waals surface area contributed by atoms with Crippen LogP contribution in [0.3, 0.4) is 0 Å². The number of alkyl carbamates (subject to hydrolysis) is 2. The van der Waals surface area contributed by atoms with E-state index in [-0.39, 0.29) is 25.5 Å². The molecular formula is C25H30N2O6. The maximum absolute atomic E-state index is 12.2. The molecule has 3 rings (SSSR count). The molecule has 1 atom stereocenters. The van der Waals surface area contributed by atoms with Gasteiger partial charge in [0.15, 0.2) is 0 Å². The number of carbonyl (C=O) groups excluding carboxylic acids is 2. The average Bonchev–Trinajstić information content (AvgIpc) is 3.07. The van der Waals surface area contributed by atoms with Crippen LogP contribution < -0.4 is 10.6 Å². The number of carboxylic acid groups (broad SMARTS) is 1. The van der Waals surface area contributed by atoms with E-state index in [9.17, 15) is 19.5 Å². The molecule has 0 aromatic heterocycles. The molecule has 0 fully saturated rings. The molecule has 0 heterocycles. The van der Waals surface area contributed by atoms with Gasteiger partial charge in [-0.3, -0.25) is 0 Å². The second-order valence-electron chi connectivity index (χ2n) is 8.93. The van der Waals surface area contributed by atoms with E-state index in [1.54, 1.807) is 20.8 Å². The molecule has 0 unspecified atom stereocenters. The van der Waals surface area contributed by atoms with E-state index in [1.165, 1.54) is 0 Å². The first-order chi connectivity index (χ1) is 15.7. The Bertz CT molecular complexity index is 968. The van der Waals surface area contributed by atoms with Gasteiger partial charge in [-0.2, -0.15) is 0 Å². The van der Waals surface area contributed by atoms with Crippen LogP contribution in [-0.2, 0) is 14.3 Å². The minimum Gasteiger partial charge on any atom is -0.480 e. The number of rotatable bonds is 8. The normalized spacial score (nSPS) is 13.4. The van der Waals surface area contributed by atoms with Crippen LogP contribution in [0.5, 0.6) is 0 Å². The Labute approximate surface area is 193 Å². The monoisotopic (exact) mass is 454 g/mol. The number of hydrogen-bond acceptors (Lipinski definition) is 5. The Balaban J connectivity index is 1.45. The second-order valence-corrected chi connectivity index (χ2v) is 8.93. The Morgan fingerprint density at radius 3 is 2.09 bits per heavy atom. The van der Waals surface area contributed by atoms with Crippen molar-refractivity contribution in [3.63, 3.8) is 0 Å². The van der Waals surface area contributed by atoms with Crippen molar-refractivity contribution in [1.82, 2.24) is 10.6 Å². The number of amides is 2. The van der Waals surface area contributed by atoms with Gasteiger partial charge in [0.25, 0.3) is 0 Å². The van der Waals surface area contributed by atoms with E-state index in [2.05, 4.69) is 22.8 Å². The maximum Gasteiger partial charge on any atom is 0.408 e. The largest absolute Gasteiger partial charge is 0.480 e. The highest BCUT2D eigenvalue weighted by atomic mass is 16.6. The van der Waals surface area contributed by atoms with Gasteiger partial charge in [0.1, 0.15) is 18.2 Å². The molecule has 2 amide bonds. The number of ether oxygens (including phenoxy) is 2. The van der Waals surface area contributed by atoms with Crippen molar-refractivity contribution in [3.8, 4) is 11.1 Å². The molecule has 2 aromatic carbocycles. The summed E-state index contributed by atoms with van der Waals surface area (Å²) in [6.07, 6.45) is -0.877. The van der Waals surface area contributed by atoms with Gasteiger partial charge < -0.3 is 25.2 Å². The van der Waals surface area contributed by atoms with Gasteiger partial charge in [0.05, 0.1) is 0 Å².